The summed E-state index contributed by atoms with van der Waals surface area (Å²) in [6.07, 6.45) is 18.8. The number of carbonyl (C=O) groups excluding carboxylic acids is 2. The summed E-state index contributed by atoms with van der Waals surface area (Å²) in [6, 6.07) is 0. The lowest BCUT2D eigenvalue weighted by atomic mass is 9.97. The first kappa shape index (κ1) is 38.1. The van der Waals surface area contributed by atoms with Crippen LogP contribution < -0.4 is 10.6 Å². The first-order chi connectivity index (χ1) is 19.2. The second kappa shape index (κ2) is 27.2. The van der Waals surface area contributed by atoms with E-state index in [1.165, 1.54) is 38.5 Å². The van der Waals surface area contributed by atoms with Gasteiger partial charge in [-0.05, 0) is 74.0 Å². The van der Waals surface area contributed by atoms with E-state index in [-0.39, 0.29) is 11.8 Å². The third-order valence-corrected chi connectivity index (χ3v) is 7.53. The Morgan fingerprint density at radius 2 is 0.900 bits per heavy atom. The van der Waals surface area contributed by atoms with Crippen LogP contribution in [0.4, 0.5) is 0 Å². The Kier molecular flexibility index (Phi) is 25.9. The lowest BCUT2D eigenvalue weighted by Crippen LogP contribution is -2.25. The van der Waals surface area contributed by atoms with Gasteiger partial charge in [0.15, 0.2) is 0 Å². The molecule has 0 aromatic rings. The van der Waals surface area contributed by atoms with E-state index < -0.39 is 0 Å². The summed E-state index contributed by atoms with van der Waals surface area (Å²) in [5.41, 5.74) is 0. The SMILES string of the molecule is CC(C)CCCC(C)CCNC(=O)CCCCCC#CC#CCCCCCC(=O)NCCC(C)CCCC(C)C. The largest absolute Gasteiger partial charge is 0.356 e. The van der Waals surface area contributed by atoms with Crippen molar-refractivity contribution in [2.75, 3.05) is 13.1 Å². The molecule has 2 atom stereocenters. The maximum absolute atomic E-state index is 12.0. The molecule has 40 heavy (non-hydrogen) atoms. The van der Waals surface area contributed by atoms with Crippen LogP contribution in [0.1, 0.15) is 157 Å². The molecule has 0 rings (SSSR count). The summed E-state index contributed by atoms with van der Waals surface area (Å²) < 4.78 is 0. The van der Waals surface area contributed by atoms with Gasteiger partial charge in [0.05, 0.1) is 0 Å². The van der Waals surface area contributed by atoms with Crippen LogP contribution in [-0.2, 0) is 9.59 Å². The van der Waals surface area contributed by atoms with E-state index in [2.05, 4.69) is 75.9 Å². The van der Waals surface area contributed by atoms with Gasteiger partial charge in [0.1, 0.15) is 0 Å². The second-order valence-electron chi connectivity index (χ2n) is 12.9. The Hall–Kier alpha value is -1.94. The van der Waals surface area contributed by atoms with E-state index in [0.29, 0.717) is 24.7 Å². The van der Waals surface area contributed by atoms with E-state index in [0.717, 1.165) is 89.1 Å². The maximum Gasteiger partial charge on any atom is 0.219 e. The number of amides is 2. The van der Waals surface area contributed by atoms with Crippen molar-refractivity contribution in [1.29, 1.82) is 0 Å². The lowest BCUT2D eigenvalue weighted by molar-refractivity contribution is -0.122. The average Bonchev–Trinajstić information content (AvgIpc) is 2.88. The molecule has 230 valence electrons. The molecule has 0 fully saturated rings. The van der Waals surface area contributed by atoms with Crippen LogP contribution in [0.25, 0.3) is 0 Å². The summed E-state index contributed by atoms with van der Waals surface area (Å²) in [4.78, 5) is 24.0. The number of hydrogen-bond acceptors (Lipinski definition) is 2. The monoisotopic (exact) mass is 556 g/mol. The molecule has 0 heterocycles. The lowest BCUT2D eigenvalue weighted by Gasteiger charge is -2.12. The number of hydrogen-bond donors (Lipinski definition) is 2. The number of nitrogens with one attached hydrogen (secondary N) is 2. The number of rotatable bonds is 24. The van der Waals surface area contributed by atoms with Crippen LogP contribution in [0.15, 0.2) is 0 Å². The zero-order valence-corrected chi connectivity index (χ0v) is 27.3. The Morgan fingerprint density at radius 1 is 0.500 bits per heavy atom. The van der Waals surface area contributed by atoms with Gasteiger partial charge in [-0.1, -0.05) is 105 Å². The van der Waals surface area contributed by atoms with Gasteiger partial charge < -0.3 is 10.6 Å². The van der Waals surface area contributed by atoms with Crippen molar-refractivity contribution in [2.45, 2.75) is 157 Å². The highest BCUT2D eigenvalue weighted by Gasteiger charge is 2.06. The third-order valence-electron chi connectivity index (χ3n) is 7.53. The van der Waals surface area contributed by atoms with Gasteiger partial charge in [0.25, 0.3) is 0 Å². The highest BCUT2D eigenvalue weighted by atomic mass is 16.2. The molecule has 0 bridgehead atoms. The van der Waals surface area contributed by atoms with E-state index in [1.807, 2.05) is 0 Å². The normalized spacial score (nSPS) is 12.3. The Labute approximate surface area is 249 Å². The van der Waals surface area contributed by atoms with Gasteiger partial charge in [-0.15, -0.1) is 0 Å². The number of carbonyl (C=O) groups is 2. The maximum atomic E-state index is 12.0. The fourth-order valence-corrected chi connectivity index (χ4v) is 4.70. The molecule has 0 aliphatic heterocycles. The van der Waals surface area contributed by atoms with Gasteiger partial charge >= 0.3 is 0 Å². The number of unbranched alkanes of at least 4 members (excludes halogenated alkanes) is 6. The van der Waals surface area contributed by atoms with Crippen molar-refractivity contribution in [3.05, 3.63) is 0 Å². The molecule has 0 spiro atoms. The highest BCUT2D eigenvalue weighted by Crippen LogP contribution is 2.15. The summed E-state index contributed by atoms with van der Waals surface area (Å²) in [5, 5.41) is 6.15. The predicted molar refractivity (Wildman–Crippen MR) is 173 cm³/mol. The van der Waals surface area contributed by atoms with Gasteiger partial charge in [0.2, 0.25) is 11.8 Å². The standard InChI is InChI=1S/C36H64N2O2/c1-31(2)21-19-23-33(5)27-29-37-35(39)25-17-15-13-11-9-7-8-10-12-14-16-18-26-36(40)38-30-28-34(6)24-20-22-32(3)4/h31-34H,11-30H2,1-6H3,(H,37,39)(H,38,40). The van der Waals surface area contributed by atoms with Crippen LogP contribution in [0, 0.1) is 47.4 Å². The summed E-state index contributed by atoms with van der Waals surface area (Å²) in [7, 11) is 0. The van der Waals surface area contributed by atoms with Crippen molar-refractivity contribution in [3.8, 4) is 23.7 Å². The fourth-order valence-electron chi connectivity index (χ4n) is 4.70. The van der Waals surface area contributed by atoms with Gasteiger partial charge in [-0.2, -0.15) is 0 Å². The van der Waals surface area contributed by atoms with Gasteiger partial charge in [-0.25, -0.2) is 0 Å². The second-order valence-corrected chi connectivity index (χ2v) is 12.9. The average molecular weight is 557 g/mol. The molecule has 2 N–H and O–H groups in total. The van der Waals surface area contributed by atoms with Crippen molar-refractivity contribution in [3.63, 3.8) is 0 Å². The Balaban J connectivity index is 3.56. The molecule has 0 saturated carbocycles. The van der Waals surface area contributed by atoms with Crippen molar-refractivity contribution in [2.24, 2.45) is 23.7 Å². The molecule has 0 aliphatic rings. The highest BCUT2D eigenvalue weighted by molar-refractivity contribution is 5.76. The van der Waals surface area contributed by atoms with Gasteiger partial charge in [0, 0.05) is 38.8 Å². The molecule has 0 aromatic carbocycles. The van der Waals surface area contributed by atoms with Gasteiger partial charge in [-0.3, -0.25) is 9.59 Å². The minimum Gasteiger partial charge on any atom is -0.356 e. The van der Waals surface area contributed by atoms with Crippen molar-refractivity contribution < 1.29 is 9.59 Å². The molecule has 4 heteroatoms. The Bertz CT molecular complexity index is 686. The zero-order chi connectivity index (χ0) is 29.8. The van der Waals surface area contributed by atoms with E-state index in [1.54, 1.807) is 0 Å². The minimum atomic E-state index is 0.185. The van der Waals surface area contributed by atoms with Crippen LogP contribution in [0.3, 0.4) is 0 Å². The van der Waals surface area contributed by atoms with Crippen molar-refractivity contribution in [1.82, 2.24) is 10.6 Å². The summed E-state index contributed by atoms with van der Waals surface area (Å²) in [5.74, 6) is 15.5. The fraction of sp³-hybridized carbons (Fsp3) is 0.833. The Morgan fingerprint density at radius 3 is 1.27 bits per heavy atom. The first-order valence-electron chi connectivity index (χ1n) is 16.7. The van der Waals surface area contributed by atoms with E-state index in [4.69, 9.17) is 0 Å². The van der Waals surface area contributed by atoms with Crippen LogP contribution in [0.2, 0.25) is 0 Å². The third kappa shape index (κ3) is 29.1. The molecule has 2 unspecified atom stereocenters. The molecule has 0 aliphatic carbocycles. The van der Waals surface area contributed by atoms with E-state index in [9.17, 15) is 9.59 Å². The zero-order valence-electron chi connectivity index (χ0n) is 27.3. The molecule has 0 saturated heterocycles. The van der Waals surface area contributed by atoms with Crippen LogP contribution >= 0.6 is 0 Å². The topological polar surface area (TPSA) is 58.2 Å². The van der Waals surface area contributed by atoms with Crippen LogP contribution in [0.5, 0.6) is 0 Å². The molecule has 4 nitrogen and oxygen atoms in total. The first-order valence-corrected chi connectivity index (χ1v) is 16.7. The van der Waals surface area contributed by atoms with Crippen LogP contribution in [-0.4, -0.2) is 24.9 Å². The van der Waals surface area contributed by atoms with Crippen molar-refractivity contribution >= 4 is 11.8 Å². The quantitative estimate of drug-likeness (QED) is 0.0921. The molecular weight excluding hydrogens is 492 g/mol. The summed E-state index contributed by atoms with van der Waals surface area (Å²) >= 11 is 0. The molecule has 0 aromatic heterocycles. The minimum absolute atomic E-state index is 0.185. The summed E-state index contributed by atoms with van der Waals surface area (Å²) in [6.45, 7) is 15.3. The van der Waals surface area contributed by atoms with E-state index >= 15 is 0 Å². The molecule has 2 amide bonds. The predicted octanol–water partition coefficient (Wildman–Crippen LogP) is 8.83. The molecular formula is C36H64N2O2. The molecule has 0 radical (unpaired) electrons. The smallest absolute Gasteiger partial charge is 0.219 e.